The number of carbonyl (C=O) groups is 1. The summed E-state index contributed by atoms with van der Waals surface area (Å²) in [4.78, 5) is 13.2. The Bertz CT molecular complexity index is 297. The lowest BCUT2D eigenvalue weighted by molar-refractivity contribution is -0.128. The molecule has 1 fully saturated rings. The fourth-order valence-electron chi connectivity index (χ4n) is 1.46. The van der Waals surface area contributed by atoms with E-state index in [4.69, 9.17) is 4.42 Å². The van der Waals surface area contributed by atoms with Crippen LogP contribution in [0, 0.1) is 0 Å². The summed E-state index contributed by atoms with van der Waals surface area (Å²) in [6, 6.07) is 3.77. The Balaban J connectivity index is 2.21. The van der Waals surface area contributed by atoms with Crippen LogP contribution in [0.15, 0.2) is 22.8 Å². The monoisotopic (exact) mass is 197 g/mol. The topological polar surface area (TPSA) is 33.5 Å². The van der Waals surface area contributed by atoms with E-state index < -0.39 is 0 Å². The first-order valence-electron chi connectivity index (χ1n) is 4.27. The van der Waals surface area contributed by atoms with E-state index in [1.165, 1.54) is 0 Å². The van der Waals surface area contributed by atoms with E-state index in [1.807, 2.05) is 24.0 Å². The van der Waals surface area contributed by atoms with Gasteiger partial charge in [0.25, 0.3) is 0 Å². The van der Waals surface area contributed by atoms with Gasteiger partial charge >= 0.3 is 0 Å². The minimum atomic E-state index is 0.0903. The van der Waals surface area contributed by atoms with Crippen molar-refractivity contribution < 1.29 is 9.21 Å². The highest BCUT2D eigenvalue weighted by Crippen LogP contribution is 2.38. The molecule has 1 aliphatic rings. The minimum Gasteiger partial charge on any atom is -0.466 e. The lowest BCUT2D eigenvalue weighted by Gasteiger charge is -2.19. The molecule has 0 bridgehead atoms. The second-order valence-electron chi connectivity index (χ2n) is 2.86. The van der Waals surface area contributed by atoms with Gasteiger partial charge in [-0.1, -0.05) is 0 Å². The number of hydrogen-bond acceptors (Lipinski definition) is 3. The predicted octanol–water partition coefficient (Wildman–Crippen LogP) is 1.87. The lowest BCUT2D eigenvalue weighted by Crippen LogP contribution is -2.27. The molecule has 4 heteroatoms. The fraction of sp³-hybridized carbons (Fsp3) is 0.444. The highest BCUT2D eigenvalue weighted by atomic mass is 32.2. The molecule has 1 atom stereocenters. The quantitative estimate of drug-likeness (QED) is 0.725. The molecular formula is C9H11NO2S. The third-order valence-electron chi connectivity index (χ3n) is 2.10. The van der Waals surface area contributed by atoms with Crippen molar-refractivity contribution in [1.29, 1.82) is 0 Å². The molecule has 0 spiro atoms. The molecule has 2 rings (SSSR count). The maximum Gasteiger partial charge on any atom is 0.233 e. The van der Waals surface area contributed by atoms with Gasteiger partial charge in [0.15, 0.2) is 0 Å². The molecular weight excluding hydrogens is 186 g/mol. The van der Waals surface area contributed by atoms with Crippen LogP contribution in [0.4, 0.5) is 0 Å². The first-order chi connectivity index (χ1) is 6.33. The molecule has 13 heavy (non-hydrogen) atoms. The van der Waals surface area contributed by atoms with E-state index in [9.17, 15) is 4.79 Å². The van der Waals surface area contributed by atoms with Crippen molar-refractivity contribution in [2.45, 2.75) is 12.3 Å². The smallest absolute Gasteiger partial charge is 0.233 e. The van der Waals surface area contributed by atoms with Crippen molar-refractivity contribution in [1.82, 2.24) is 4.90 Å². The van der Waals surface area contributed by atoms with E-state index >= 15 is 0 Å². The molecule has 0 N–H and O–H groups in total. The average Bonchev–Trinajstić information content (AvgIpc) is 2.71. The van der Waals surface area contributed by atoms with Crippen LogP contribution in [0.25, 0.3) is 0 Å². The molecule has 1 aromatic heterocycles. The highest BCUT2D eigenvalue weighted by molar-refractivity contribution is 8.00. The van der Waals surface area contributed by atoms with Crippen LogP contribution in [-0.2, 0) is 4.79 Å². The summed E-state index contributed by atoms with van der Waals surface area (Å²) in [7, 11) is 0. The van der Waals surface area contributed by atoms with Crippen LogP contribution in [-0.4, -0.2) is 23.1 Å². The van der Waals surface area contributed by atoms with Gasteiger partial charge in [-0.2, -0.15) is 0 Å². The summed E-state index contributed by atoms with van der Waals surface area (Å²) < 4.78 is 5.28. The first kappa shape index (κ1) is 8.69. The van der Waals surface area contributed by atoms with Crippen LogP contribution >= 0.6 is 11.8 Å². The van der Waals surface area contributed by atoms with E-state index in [-0.39, 0.29) is 11.3 Å². The Morgan fingerprint density at radius 1 is 1.77 bits per heavy atom. The molecule has 0 aliphatic carbocycles. The molecule has 1 aromatic rings. The third kappa shape index (κ3) is 1.46. The number of rotatable bonds is 2. The summed E-state index contributed by atoms with van der Waals surface area (Å²) in [5.41, 5.74) is 0. The zero-order valence-corrected chi connectivity index (χ0v) is 8.21. The van der Waals surface area contributed by atoms with Crippen molar-refractivity contribution in [2.24, 2.45) is 0 Å². The van der Waals surface area contributed by atoms with Crippen molar-refractivity contribution >= 4 is 17.7 Å². The van der Waals surface area contributed by atoms with Crippen LogP contribution in [0.1, 0.15) is 18.1 Å². The van der Waals surface area contributed by atoms with Gasteiger partial charge in [-0.05, 0) is 19.1 Å². The summed E-state index contributed by atoms with van der Waals surface area (Å²) >= 11 is 1.62. The Hall–Kier alpha value is -0.900. The molecule has 1 amide bonds. The first-order valence-corrected chi connectivity index (χ1v) is 5.32. The van der Waals surface area contributed by atoms with Gasteiger partial charge in [-0.25, -0.2) is 0 Å². The van der Waals surface area contributed by atoms with Crippen LogP contribution in [0.2, 0.25) is 0 Å². The number of amides is 1. The lowest BCUT2D eigenvalue weighted by atomic mass is 10.4. The van der Waals surface area contributed by atoms with Gasteiger partial charge in [0, 0.05) is 6.54 Å². The Kier molecular flexibility index (Phi) is 2.31. The largest absolute Gasteiger partial charge is 0.466 e. The zero-order valence-electron chi connectivity index (χ0n) is 7.40. The molecule has 2 heterocycles. The van der Waals surface area contributed by atoms with E-state index in [2.05, 4.69) is 0 Å². The van der Waals surface area contributed by atoms with Crippen molar-refractivity contribution in [3.8, 4) is 0 Å². The molecule has 0 radical (unpaired) electrons. The molecule has 0 aromatic carbocycles. The van der Waals surface area contributed by atoms with E-state index in [0.717, 1.165) is 12.3 Å². The second kappa shape index (κ2) is 3.46. The second-order valence-corrected chi connectivity index (χ2v) is 3.93. The number of nitrogens with zero attached hydrogens (tertiary/aromatic N) is 1. The van der Waals surface area contributed by atoms with Gasteiger partial charge in [0.05, 0.1) is 12.0 Å². The van der Waals surface area contributed by atoms with Crippen molar-refractivity contribution in [2.75, 3.05) is 12.3 Å². The number of thioether (sulfide) groups is 1. The zero-order chi connectivity index (χ0) is 9.26. The van der Waals surface area contributed by atoms with Crippen molar-refractivity contribution in [3.63, 3.8) is 0 Å². The SMILES string of the molecule is CCN1C(=O)CSC1c1ccco1. The molecule has 3 nitrogen and oxygen atoms in total. The summed E-state index contributed by atoms with van der Waals surface area (Å²) in [6.45, 7) is 2.73. The molecule has 70 valence electrons. The summed E-state index contributed by atoms with van der Waals surface area (Å²) in [6.07, 6.45) is 1.65. The average molecular weight is 197 g/mol. The fourth-order valence-corrected chi connectivity index (χ4v) is 2.67. The molecule has 0 saturated carbocycles. The predicted molar refractivity (Wildman–Crippen MR) is 51.3 cm³/mol. The highest BCUT2D eigenvalue weighted by Gasteiger charge is 2.32. The standard InChI is InChI=1S/C9H11NO2S/c1-2-10-8(11)6-13-9(10)7-4-3-5-12-7/h3-5,9H,2,6H2,1H3. The van der Waals surface area contributed by atoms with Crippen LogP contribution in [0.3, 0.4) is 0 Å². The normalized spacial score (nSPS) is 22.7. The van der Waals surface area contributed by atoms with Gasteiger partial charge in [-0.3, -0.25) is 4.79 Å². The molecule has 1 unspecified atom stereocenters. The Morgan fingerprint density at radius 2 is 2.62 bits per heavy atom. The maximum atomic E-state index is 11.4. The molecule has 1 saturated heterocycles. The van der Waals surface area contributed by atoms with Gasteiger partial charge in [-0.15, -0.1) is 11.8 Å². The summed E-state index contributed by atoms with van der Waals surface area (Å²) in [5, 5.41) is 0.0903. The third-order valence-corrected chi connectivity index (χ3v) is 3.31. The maximum absolute atomic E-state index is 11.4. The Morgan fingerprint density at radius 3 is 3.23 bits per heavy atom. The van der Waals surface area contributed by atoms with Gasteiger partial charge in [0.1, 0.15) is 11.1 Å². The van der Waals surface area contributed by atoms with Crippen LogP contribution in [0.5, 0.6) is 0 Å². The van der Waals surface area contributed by atoms with E-state index in [1.54, 1.807) is 18.0 Å². The number of furan rings is 1. The summed E-state index contributed by atoms with van der Waals surface area (Å²) in [5.74, 6) is 1.64. The van der Waals surface area contributed by atoms with Gasteiger partial charge in [0.2, 0.25) is 5.91 Å². The van der Waals surface area contributed by atoms with Crippen molar-refractivity contribution in [3.05, 3.63) is 24.2 Å². The van der Waals surface area contributed by atoms with Crippen LogP contribution < -0.4 is 0 Å². The number of hydrogen-bond donors (Lipinski definition) is 0. The van der Waals surface area contributed by atoms with E-state index in [0.29, 0.717) is 5.75 Å². The van der Waals surface area contributed by atoms with Gasteiger partial charge < -0.3 is 9.32 Å². The Labute approximate surface area is 81.1 Å². The number of carbonyl (C=O) groups excluding carboxylic acids is 1. The molecule has 1 aliphatic heterocycles. The minimum absolute atomic E-state index is 0.0903.